The van der Waals surface area contributed by atoms with Gasteiger partial charge in [-0.15, -0.1) is 0 Å². The lowest BCUT2D eigenvalue weighted by Gasteiger charge is -2.23. The van der Waals surface area contributed by atoms with Crippen molar-refractivity contribution in [1.29, 1.82) is 0 Å². The van der Waals surface area contributed by atoms with Crippen LogP contribution in [0.3, 0.4) is 0 Å². The van der Waals surface area contributed by atoms with E-state index in [2.05, 4.69) is 38.5 Å². The van der Waals surface area contributed by atoms with E-state index < -0.39 is 54.5 Å². The summed E-state index contributed by atoms with van der Waals surface area (Å²) in [6.07, 6.45) is 1.73. The number of amides is 3. The third kappa shape index (κ3) is 7.54. The first-order valence-corrected chi connectivity index (χ1v) is 8.91. The molecule has 0 bridgehead atoms. The molecular weight excluding hydrogens is 392 g/mol. The van der Waals surface area contributed by atoms with E-state index in [1.165, 1.54) is 19.4 Å². The van der Waals surface area contributed by atoms with Gasteiger partial charge in [0, 0.05) is 24.1 Å². The number of imidazole rings is 1. The van der Waals surface area contributed by atoms with Gasteiger partial charge in [-0.3, -0.25) is 19.2 Å². The normalized spacial score (nSPS) is 15.0. The highest BCUT2D eigenvalue weighted by molar-refractivity contribution is 7.80. The van der Waals surface area contributed by atoms with Crippen LogP contribution in [0.2, 0.25) is 0 Å². The van der Waals surface area contributed by atoms with Gasteiger partial charge in [-0.2, -0.15) is 12.6 Å². The number of thiol groups is 1. The standard InChI is InChI=1S/C15H24N6O6S/c1-7(22)12(16)15(27)20-9(2-8-3-17-6-19-8)14(26)21-10(5-28)13(25)18-4-11(23)24/h3,6-7,9-10,12,22,28H,2,4-5,16H2,1H3,(H,17,19)(H,18,25)(H,20,27)(H,21,26)(H,23,24). The Hall–Kier alpha value is -2.64. The molecule has 0 fully saturated rings. The molecule has 0 spiro atoms. The molecule has 0 aliphatic rings. The SMILES string of the molecule is CC(O)C(N)C(=O)NC(Cc1cnc[nH]1)C(=O)NC(CS)C(=O)NCC(=O)O. The van der Waals surface area contributed by atoms with Crippen molar-refractivity contribution in [3.63, 3.8) is 0 Å². The van der Waals surface area contributed by atoms with Crippen molar-refractivity contribution < 1.29 is 29.4 Å². The van der Waals surface area contributed by atoms with Crippen LogP contribution < -0.4 is 21.7 Å². The number of aliphatic hydroxyl groups is 1. The van der Waals surface area contributed by atoms with Gasteiger partial charge in [-0.1, -0.05) is 0 Å². The average molecular weight is 416 g/mol. The summed E-state index contributed by atoms with van der Waals surface area (Å²) < 4.78 is 0. The first-order valence-electron chi connectivity index (χ1n) is 8.27. The largest absolute Gasteiger partial charge is 0.480 e. The average Bonchev–Trinajstić information content (AvgIpc) is 3.15. The molecule has 8 N–H and O–H groups in total. The highest BCUT2D eigenvalue weighted by atomic mass is 32.1. The Morgan fingerprint density at radius 1 is 1.21 bits per heavy atom. The molecule has 13 heteroatoms. The summed E-state index contributed by atoms with van der Waals surface area (Å²) in [6.45, 7) is 0.717. The molecule has 28 heavy (non-hydrogen) atoms. The molecule has 0 aliphatic carbocycles. The van der Waals surface area contributed by atoms with Gasteiger partial charge in [0.25, 0.3) is 0 Å². The maximum absolute atomic E-state index is 12.6. The molecular formula is C15H24N6O6S. The molecule has 0 aliphatic heterocycles. The van der Waals surface area contributed by atoms with Crippen molar-refractivity contribution in [2.24, 2.45) is 5.73 Å². The van der Waals surface area contributed by atoms with E-state index in [0.29, 0.717) is 5.69 Å². The summed E-state index contributed by atoms with van der Waals surface area (Å²) in [7, 11) is 0. The second-order valence-corrected chi connectivity index (χ2v) is 6.33. The molecule has 3 amide bonds. The summed E-state index contributed by atoms with van der Waals surface area (Å²) in [4.78, 5) is 53.9. The molecule has 1 heterocycles. The highest BCUT2D eigenvalue weighted by Crippen LogP contribution is 2.02. The van der Waals surface area contributed by atoms with Crippen LogP contribution in [0.5, 0.6) is 0 Å². The molecule has 0 saturated carbocycles. The summed E-state index contributed by atoms with van der Waals surface area (Å²) in [5.74, 6) is -3.56. The van der Waals surface area contributed by atoms with E-state index in [9.17, 15) is 24.3 Å². The van der Waals surface area contributed by atoms with Crippen LogP contribution in [0, 0.1) is 0 Å². The van der Waals surface area contributed by atoms with Gasteiger partial charge in [0.2, 0.25) is 17.7 Å². The fraction of sp³-hybridized carbons (Fsp3) is 0.533. The highest BCUT2D eigenvalue weighted by Gasteiger charge is 2.29. The van der Waals surface area contributed by atoms with E-state index >= 15 is 0 Å². The number of aromatic nitrogens is 2. The van der Waals surface area contributed by atoms with Crippen LogP contribution in [0.4, 0.5) is 0 Å². The van der Waals surface area contributed by atoms with E-state index in [-0.39, 0.29) is 12.2 Å². The Labute approximate surface area is 166 Å². The zero-order valence-corrected chi connectivity index (χ0v) is 16.0. The Morgan fingerprint density at radius 3 is 2.36 bits per heavy atom. The van der Waals surface area contributed by atoms with Crippen LogP contribution in [-0.2, 0) is 25.6 Å². The molecule has 1 aromatic heterocycles. The smallest absolute Gasteiger partial charge is 0.322 e. The van der Waals surface area contributed by atoms with E-state index in [1.807, 2.05) is 0 Å². The maximum atomic E-state index is 12.6. The first-order chi connectivity index (χ1) is 13.1. The second kappa shape index (κ2) is 11.3. The second-order valence-electron chi connectivity index (χ2n) is 5.96. The van der Waals surface area contributed by atoms with Gasteiger partial charge in [0.15, 0.2) is 0 Å². The Kier molecular flexibility index (Phi) is 9.41. The van der Waals surface area contributed by atoms with Crippen LogP contribution in [0.25, 0.3) is 0 Å². The number of rotatable bonds is 11. The summed E-state index contributed by atoms with van der Waals surface area (Å²) >= 11 is 3.98. The number of aliphatic carboxylic acids is 1. The zero-order chi connectivity index (χ0) is 21.3. The minimum atomic E-state index is -1.25. The van der Waals surface area contributed by atoms with Crippen LogP contribution in [-0.4, -0.2) is 80.4 Å². The van der Waals surface area contributed by atoms with Crippen LogP contribution in [0.15, 0.2) is 12.5 Å². The number of carboxylic acid groups (broad SMARTS) is 1. The fourth-order valence-corrected chi connectivity index (χ4v) is 2.32. The van der Waals surface area contributed by atoms with Crippen LogP contribution >= 0.6 is 12.6 Å². The number of aliphatic hydroxyl groups excluding tert-OH is 1. The molecule has 4 unspecified atom stereocenters. The van der Waals surface area contributed by atoms with Crippen LogP contribution in [0.1, 0.15) is 12.6 Å². The number of nitrogens with two attached hydrogens (primary N) is 1. The number of carbonyl (C=O) groups is 4. The number of carboxylic acids is 1. The molecule has 0 saturated heterocycles. The lowest BCUT2D eigenvalue weighted by molar-refractivity contribution is -0.138. The molecule has 156 valence electrons. The monoisotopic (exact) mass is 416 g/mol. The Bertz CT molecular complexity index is 683. The van der Waals surface area contributed by atoms with E-state index in [4.69, 9.17) is 10.8 Å². The molecule has 1 aromatic rings. The first kappa shape index (κ1) is 23.4. The third-order valence-corrected chi connectivity index (χ3v) is 4.03. The minimum absolute atomic E-state index is 0.0140. The zero-order valence-electron chi connectivity index (χ0n) is 15.1. The van der Waals surface area contributed by atoms with E-state index in [0.717, 1.165) is 0 Å². The summed E-state index contributed by atoms with van der Waals surface area (Å²) in [6, 6.07) is -3.51. The van der Waals surface area contributed by atoms with Crippen molar-refractivity contribution in [2.75, 3.05) is 12.3 Å². The topological polar surface area (TPSA) is 200 Å². The van der Waals surface area contributed by atoms with Crippen molar-refractivity contribution in [3.8, 4) is 0 Å². The van der Waals surface area contributed by atoms with Crippen molar-refractivity contribution in [2.45, 2.75) is 37.6 Å². The predicted octanol–water partition coefficient (Wildman–Crippen LogP) is -3.24. The van der Waals surface area contributed by atoms with Gasteiger partial charge in [-0.25, -0.2) is 4.98 Å². The molecule has 0 aromatic carbocycles. The minimum Gasteiger partial charge on any atom is -0.480 e. The fourth-order valence-electron chi connectivity index (χ4n) is 2.06. The van der Waals surface area contributed by atoms with Gasteiger partial charge in [0.1, 0.15) is 24.7 Å². The number of hydrogen-bond donors (Lipinski definition) is 8. The summed E-state index contributed by atoms with van der Waals surface area (Å²) in [5.41, 5.74) is 6.11. The maximum Gasteiger partial charge on any atom is 0.322 e. The molecule has 0 radical (unpaired) electrons. The number of aromatic amines is 1. The molecule has 12 nitrogen and oxygen atoms in total. The molecule has 1 rings (SSSR count). The Balaban J connectivity index is 2.85. The number of nitrogens with zero attached hydrogens (tertiary/aromatic N) is 1. The van der Waals surface area contributed by atoms with E-state index in [1.54, 1.807) is 0 Å². The van der Waals surface area contributed by atoms with Gasteiger partial charge in [-0.05, 0) is 6.92 Å². The number of hydrogen-bond acceptors (Lipinski definition) is 8. The lowest BCUT2D eigenvalue weighted by atomic mass is 10.1. The third-order valence-electron chi connectivity index (χ3n) is 3.66. The summed E-state index contributed by atoms with van der Waals surface area (Å²) in [5, 5.41) is 25.0. The number of nitrogens with one attached hydrogen (secondary N) is 4. The quantitative estimate of drug-likeness (QED) is 0.172. The van der Waals surface area contributed by atoms with Gasteiger partial charge in [0.05, 0.1) is 12.4 Å². The van der Waals surface area contributed by atoms with Crippen molar-refractivity contribution >= 4 is 36.3 Å². The van der Waals surface area contributed by atoms with Crippen molar-refractivity contribution in [1.82, 2.24) is 25.9 Å². The molecule has 4 atom stereocenters. The number of H-pyrrole nitrogens is 1. The number of carbonyl (C=O) groups excluding carboxylic acids is 3. The predicted molar refractivity (Wildman–Crippen MR) is 100 cm³/mol. The van der Waals surface area contributed by atoms with Gasteiger partial charge < -0.3 is 36.9 Å². The van der Waals surface area contributed by atoms with Crippen molar-refractivity contribution in [3.05, 3.63) is 18.2 Å². The van der Waals surface area contributed by atoms with Gasteiger partial charge >= 0.3 is 5.97 Å². The lowest BCUT2D eigenvalue weighted by Crippen LogP contribution is -2.58. The Morgan fingerprint density at radius 2 is 1.86 bits per heavy atom.